The second-order valence-corrected chi connectivity index (χ2v) is 7.80. The number of rotatable bonds is 10. The Kier molecular flexibility index (Phi) is 8.77. The zero-order valence-electron chi connectivity index (χ0n) is 18.6. The fourth-order valence-corrected chi connectivity index (χ4v) is 3.48. The van der Waals surface area contributed by atoms with Gasteiger partial charge in [0.15, 0.2) is 0 Å². The van der Waals surface area contributed by atoms with Crippen molar-refractivity contribution in [3.8, 4) is 0 Å². The molecule has 2 amide bonds. The van der Waals surface area contributed by atoms with Gasteiger partial charge in [0.2, 0.25) is 5.91 Å². The van der Waals surface area contributed by atoms with Crippen molar-refractivity contribution in [3.05, 3.63) is 108 Å². The molecule has 6 nitrogen and oxygen atoms in total. The summed E-state index contributed by atoms with van der Waals surface area (Å²) in [6, 6.07) is 26.7. The molecule has 0 aliphatic carbocycles. The third kappa shape index (κ3) is 7.92. The molecule has 3 rings (SSSR count). The van der Waals surface area contributed by atoms with Crippen LogP contribution in [-0.2, 0) is 27.2 Å². The number of ether oxygens (including phenoxy) is 1. The van der Waals surface area contributed by atoms with Crippen molar-refractivity contribution < 1.29 is 19.1 Å². The maximum Gasteiger partial charge on any atom is 0.329 e. The number of hydrogen-bond donors (Lipinski definition) is 2. The molecule has 0 unspecified atom stereocenters. The van der Waals surface area contributed by atoms with E-state index in [9.17, 15) is 14.4 Å². The molecule has 0 aromatic heterocycles. The smallest absolute Gasteiger partial charge is 0.329 e. The van der Waals surface area contributed by atoms with Crippen LogP contribution < -0.4 is 10.6 Å². The zero-order valence-corrected chi connectivity index (χ0v) is 18.6. The maximum atomic E-state index is 12.8. The van der Waals surface area contributed by atoms with Gasteiger partial charge in [0.25, 0.3) is 5.91 Å². The van der Waals surface area contributed by atoms with Gasteiger partial charge in [0.05, 0.1) is 6.04 Å². The molecule has 0 saturated carbocycles. The first-order chi connectivity index (χ1) is 16.0. The van der Waals surface area contributed by atoms with Crippen molar-refractivity contribution in [2.45, 2.75) is 31.8 Å². The van der Waals surface area contributed by atoms with Gasteiger partial charge < -0.3 is 15.4 Å². The van der Waals surface area contributed by atoms with Crippen LogP contribution in [0.25, 0.3) is 0 Å². The van der Waals surface area contributed by atoms with Crippen LogP contribution in [0, 0.1) is 0 Å². The third-order valence-electron chi connectivity index (χ3n) is 5.07. The Hall–Kier alpha value is -3.93. The fraction of sp³-hybridized carbons (Fsp3) is 0.222. The van der Waals surface area contributed by atoms with E-state index in [1.54, 1.807) is 24.3 Å². The van der Waals surface area contributed by atoms with E-state index in [1.807, 2.05) is 66.7 Å². The Morgan fingerprint density at radius 2 is 1.24 bits per heavy atom. The summed E-state index contributed by atoms with van der Waals surface area (Å²) in [4.78, 5) is 37.2. The summed E-state index contributed by atoms with van der Waals surface area (Å²) in [5.41, 5.74) is 2.45. The van der Waals surface area contributed by atoms with Crippen LogP contribution in [0.4, 0.5) is 0 Å². The minimum Gasteiger partial charge on any atom is -0.462 e. The highest BCUT2D eigenvalue weighted by Crippen LogP contribution is 2.09. The van der Waals surface area contributed by atoms with Crippen molar-refractivity contribution in [1.82, 2.24) is 10.6 Å². The number of hydrogen-bond acceptors (Lipinski definition) is 4. The van der Waals surface area contributed by atoms with E-state index in [2.05, 4.69) is 10.6 Å². The van der Waals surface area contributed by atoms with Gasteiger partial charge in [-0.1, -0.05) is 78.9 Å². The van der Waals surface area contributed by atoms with Gasteiger partial charge in [-0.25, -0.2) is 4.79 Å². The van der Waals surface area contributed by atoms with E-state index in [-0.39, 0.29) is 18.4 Å². The van der Waals surface area contributed by atoms with Gasteiger partial charge in [-0.2, -0.15) is 0 Å². The maximum absolute atomic E-state index is 12.8. The lowest BCUT2D eigenvalue weighted by atomic mass is 10.0. The highest BCUT2D eigenvalue weighted by molar-refractivity contribution is 5.94. The lowest BCUT2D eigenvalue weighted by Gasteiger charge is -2.22. The Balaban J connectivity index is 1.68. The average Bonchev–Trinajstić information content (AvgIpc) is 2.83. The van der Waals surface area contributed by atoms with E-state index >= 15 is 0 Å². The molecule has 0 fully saturated rings. The first kappa shape index (κ1) is 23.7. The van der Waals surface area contributed by atoms with Crippen LogP contribution in [0.1, 0.15) is 28.4 Å². The lowest BCUT2D eigenvalue weighted by molar-refractivity contribution is -0.148. The van der Waals surface area contributed by atoms with E-state index in [1.165, 1.54) is 6.92 Å². The lowest BCUT2D eigenvalue weighted by Crippen LogP contribution is -2.45. The molecule has 0 aliphatic heterocycles. The number of amides is 2. The molecular weight excluding hydrogens is 416 g/mol. The predicted molar refractivity (Wildman–Crippen MR) is 127 cm³/mol. The Bertz CT molecular complexity index is 1040. The molecule has 0 bridgehead atoms. The predicted octanol–water partition coefficient (Wildman–Crippen LogP) is 3.32. The molecule has 0 aliphatic rings. The average molecular weight is 445 g/mol. The topological polar surface area (TPSA) is 84.5 Å². The zero-order chi connectivity index (χ0) is 23.5. The first-order valence-corrected chi connectivity index (χ1v) is 10.9. The molecule has 3 aromatic rings. The van der Waals surface area contributed by atoms with Crippen molar-refractivity contribution in [2.24, 2.45) is 0 Å². The van der Waals surface area contributed by atoms with E-state index in [0.717, 1.165) is 11.1 Å². The second kappa shape index (κ2) is 12.2. The minimum atomic E-state index is -0.813. The molecule has 0 spiro atoms. The Morgan fingerprint density at radius 3 is 1.79 bits per heavy atom. The van der Waals surface area contributed by atoms with Crippen molar-refractivity contribution in [2.75, 3.05) is 6.61 Å². The number of benzene rings is 3. The van der Waals surface area contributed by atoms with E-state index in [0.29, 0.717) is 18.4 Å². The van der Waals surface area contributed by atoms with Crippen molar-refractivity contribution in [3.63, 3.8) is 0 Å². The molecule has 6 heteroatoms. The quantitative estimate of drug-likeness (QED) is 0.470. The molecule has 170 valence electrons. The number of carbonyl (C=O) groups is 3. The highest BCUT2D eigenvalue weighted by Gasteiger charge is 2.24. The van der Waals surface area contributed by atoms with Gasteiger partial charge in [0.1, 0.15) is 12.6 Å². The van der Waals surface area contributed by atoms with Crippen molar-refractivity contribution >= 4 is 17.8 Å². The summed E-state index contributed by atoms with van der Waals surface area (Å²) in [7, 11) is 0. The normalized spacial score (nSPS) is 12.3. The van der Waals surface area contributed by atoms with Crippen LogP contribution in [-0.4, -0.2) is 36.5 Å². The fourth-order valence-electron chi connectivity index (χ4n) is 3.48. The summed E-state index contributed by atoms with van der Waals surface area (Å²) >= 11 is 0. The van der Waals surface area contributed by atoms with Gasteiger partial charge in [-0.05, 0) is 29.7 Å². The van der Waals surface area contributed by atoms with Crippen LogP contribution in [0.2, 0.25) is 0 Å². The summed E-state index contributed by atoms with van der Waals surface area (Å²) in [5, 5.41) is 5.63. The SMILES string of the molecule is CC(=O)N[C@H](Cc1ccccc1)C(=O)OC[C@H](Cc1ccccc1)NC(=O)c1ccccc1. The summed E-state index contributed by atoms with van der Waals surface area (Å²) in [6.45, 7) is 1.35. The van der Waals surface area contributed by atoms with Crippen LogP contribution in [0.3, 0.4) is 0 Å². The van der Waals surface area contributed by atoms with Gasteiger partial charge in [0, 0.05) is 18.9 Å². The molecular formula is C27H28N2O4. The molecule has 2 N–H and O–H groups in total. The number of nitrogens with one attached hydrogen (secondary N) is 2. The summed E-state index contributed by atoms with van der Waals surface area (Å²) < 4.78 is 5.58. The summed E-state index contributed by atoms with van der Waals surface area (Å²) in [5.74, 6) is -1.09. The molecule has 2 atom stereocenters. The molecule has 3 aromatic carbocycles. The third-order valence-corrected chi connectivity index (χ3v) is 5.07. The van der Waals surface area contributed by atoms with Gasteiger partial charge in [-0.3, -0.25) is 9.59 Å². The number of carbonyl (C=O) groups excluding carboxylic acids is 3. The van der Waals surface area contributed by atoms with Crippen LogP contribution in [0.15, 0.2) is 91.0 Å². The first-order valence-electron chi connectivity index (χ1n) is 10.9. The number of esters is 1. The molecule has 0 saturated heterocycles. The van der Waals surface area contributed by atoms with Gasteiger partial charge >= 0.3 is 5.97 Å². The van der Waals surface area contributed by atoms with Crippen LogP contribution in [0.5, 0.6) is 0 Å². The minimum absolute atomic E-state index is 0.0167. The largest absolute Gasteiger partial charge is 0.462 e. The van der Waals surface area contributed by atoms with Gasteiger partial charge in [-0.15, -0.1) is 0 Å². The van der Waals surface area contributed by atoms with Crippen molar-refractivity contribution in [1.29, 1.82) is 0 Å². The van der Waals surface area contributed by atoms with E-state index < -0.39 is 18.1 Å². The second-order valence-electron chi connectivity index (χ2n) is 7.80. The Morgan fingerprint density at radius 1 is 0.727 bits per heavy atom. The van der Waals surface area contributed by atoms with Crippen LogP contribution >= 0.6 is 0 Å². The molecule has 33 heavy (non-hydrogen) atoms. The molecule has 0 heterocycles. The van der Waals surface area contributed by atoms with E-state index in [4.69, 9.17) is 4.74 Å². The standard InChI is InChI=1S/C27H28N2O4/c1-20(30)28-25(18-22-13-7-3-8-14-22)27(32)33-19-24(17-21-11-5-2-6-12-21)29-26(31)23-15-9-4-10-16-23/h2-16,24-25H,17-19H2,1H3,(H,28,30)(H,29,31)/t24-,25+/m0/s1. The monoisotopic (exact) mass is 444 g/mol. The summed E-state index contributed by atoms with van der Waals surface area (Å²) in [6.07, 6.45) is 0.815. The molecule has 0 radical (unpaired) electrons. The highest BCUT2D eigenvalue weighted by atomic mass is 16.5. The Labute approximate surface area is 194 Å².